The van der Waals surface area contributed by atoms with Gasteiger partial charge in [0, 0.05) is 45.0 Å². The van der Waals surface area contributed by atoms with Crippen LogP contribution in [-0.4, -0.2) is 57.9 Å². The molecule has 0 radical (unpaired) electrons. The Balaban J connectivity index is 0.00000341. The van der Waals surface area contributed by atoms with Gasteiger partial charge in [-0.25, -0.2) is 0 Å². The van der Waals surface area contributed by atoms with E-state index in [1.54, 1.807) is 14.2 Å². The van der Waals surface area contributed by atoms with Crippen LogP contribution in [0.15, 0.2) is 47.5 Å². The van der Waals surface area contributed by atoms with Crippen LogP contribution >= 0.6 is 24.0 Å². The van der Waals surface area contributed by atoms with Gasteiger partial charge in [0.15, 0.2) is 17.5 Å². The lowest BCUT2D eigenvalue weighted by Gasteiger charge is -2.26. The molecule has 0 aliphatic carbocycles. The van der Waals surface area contributed by atoms with E-state index in [2.05, 4.69) is 44.8 Å². The standard InChI is InChI=1S/C23H32N4O3.HI/c1-4-30-21-9-8-20(15-22(21)28-3)26-23(24-2)25-16-18-6-5-7-19(14-18)17-27-10-12-29-13-11-27;/h5-9,14-15H,4,10-13,16-17H2,1-3H3,(H2,24,25,26);1H. The van der Waals surface area contributed by atoms with Crippen molar-refractivity contribution in [2.24, 2.45) is 4.99 Å². The highest BCUT2D eigenvalue weighted by Gasteiger charge is 2.11. The fourth-order valence-corrected chi connectivity index (χ4v) is 3.38. The van der Waals surface area contributed by atoms with Gasteiger partial charge in [0.25, 0.3) is 0 Å². The molecule has 1 fully saturated rings. The van der Waals surface area contributed by atoms with Gasteiger partial charge in [-0.15, -0.1) is 24.0 Å². The molecule has 0 saturated carbocycles. The summed E-state index contributed by atoms with van der Waals surface area (Å²) in [6.45, 7) is 7.81. The van der Waals surface area contributed by atoms with Crippen molar-refractivity contribution < 1.29 is 14.2 Å². The predicted octanol–water partition coefficient (Wildman–Crippen LogP) is 3.73. The fourth-order valence-electron chi connectivity index (χ4n) is 3.38. The Morgan fingerprint density at radius 2 is 1.87 bits per heavy atom. The Bertz CT molecular complexity index is 841. The molecule has 1 heterocycles. The molecule has 8 heteroatoms. The minimum absolute atomic E-state index is 0. The van der Waals surface area contributed by atoms with Gasteiger partial charge in [0.05, 0.1) is 26.9 Å². The molecular formula is C23H33IN4O3. The molecule has 0 unspecified atom stereocenters. The van der Waals surface area contributed by atoms with E-state index in [1.807, 2.05) is 25.1 Å². The molecule has 2 aromatic carbocycles. The van der Waals surface area contributed by atoms with Gasteiger partial charge >= 0.3 is 0 Å². The zero-order valence-electron chi connectivity index (χ0n) is 18.5. The number of anilines is 1. The zero-order chi connectivity index (χ0) is 21.2. The van der Waals surface area contributed by atoms with E-state index in [0.717, 1.165) is 44.3 Å². The van der Waals surface area contributed by atoms with Crippen molar-refractivity contribution in [3.63, 3.8) is 0 Å². The second kappa shape index (κ2) is 13.4. The van der Waals surface area contributed by atoms with Crippen LogP contribution in [0.5, 0.6) is 11.5 Å². The molecule has 2 N–H and O–H groups in total. The Labute approximate surface area is 202 Å². The number of guanidine groups is 1. The number of rotatable bonds is 8. The molecule has 1 aliphatic heterocycles. The van der Waals surface area contributed by atoms with Crippen molar-refractivity contribution in [2.45, 2.75) is 20.0 Å². The molecule has 2 aromatic rings. The smallest absolute Gasteiger partial charge is 0.195 e. The van der Waals surface area contributed by atoms with E-state index in [-0.39, 0.29) is 24.0 Å². The highest BCUT2D eigenvalue weighted by Crippen LogP contribution is 2.30. The molecule has 1 saturated heterocycles. The summed E-state index contributed by atoms with van der Waals surface area (Å²) in [5, 5.41) is 6.68. The molecule has 31 heavy (non-hydrogen) atoms. The van der Waals surface area contributed by atoms with Crippen LogP contribution in [0.1, 0.15) is 18.1 Å². The van der Waals surface area contributed by atoms with Gasteiger partial charge < -0.3 is 24.8 Å². The van der Waals surface area contributed by atoms with Gasteiger partial charge in [-0.1, -0.05) is 24.3 Å². The van der Waals surface area contributed by atoms with Gasteiger partial charge in [0.2, 0.25) is 0 Å². The van der Waals surface area contributed by atoms with Crippen molar-refractivity contribution in [1.29, 1.82) is 0 Å². The molecule has 0 bridgehead atoms. The first-order valence-electron chi connectivity index (χ1n) is 10.4. The Morgan fingerprint density at radius 3 is 2.58 bits per heavy atom. The maximum atomic E-state index is 5.58. The maximum absolute atomic E-state index is 5.58. The molecular weight excluding hydrogens is 507 g/mol. The van der Waals surface area contributed by atoms with Crippen molar-refractivity contribution >= 4 is 35.6 Å². The van der Waals surface area contributed by atoms with Crippen LogP contribution in [0, 0.1) is 0 Å². The third-order valence-corrected chi connectivity index (χ3v) is 4.91. The van der Waals surface area contributed by atoms with Gasteiger partial charge in [-0.2, -0.15) is 0 Å². The average Bonchev–Trinajstić information content (AvgIpc) is 2.78. The molecule has 170 valence electrons. The number of aliphatic imine (C=N–C) groups is 1. The Hall–Kier alpha value is -2.04. The summed E-state index contributed by atoms with van der Waals surface area (Å²) >= 11 is 0. The lowest BCUT2D eigenvalue weighted by molar-refractivity contribution is 0.0342. The number of ether oxygens (including phenoxy) is 3. The second-order valence-corrected chi connectivity index (χ2v) is 7.06. The van der Waals surface area contributed by atoms with E-state index >= 15 is 0 Å². The fraction of sp³-hybridized carbons (Fsp3) is 0.435. The van der Waals surface area contributed by atoms with Crippen molar-refractivity contribution in [3.05, 3.63) is 53.6 Å². The molecule has 0 spiro atoms. The number of nitrogens with one attached hydrogen (secondary N) is 2. The van der Waals surface area contributed by atoms with Crippen molar-refractivity contribution in [1.82, 2.24) is 10.2 Å². The van der Waals surface area contributed by atoms with E-state index in [1.165, 1.54) is 11.1 Å². The van der Waals surface area contributed by atoms with Gasteiger partial charge in [0.1, 0.15) is 0 Å². The Morgan fingerprint density at radius 1 is 1.10 bits per heavy atom. The van der Waals surface area contributed by atoms with Crippen LogP contribution in [0.25, 0.3) is 0 Å². The maximum Gasteiger partial charge on any atom is 0.195 e. The summed E-state index contributed by atoms with van der Waals surface area (Å²) < 4.78 is 16.4. The van der Waals surface area contributed by atoms with Gasteiger partial charge in [-0.3, -0.25) is 9.89 Å². The summed E-state index contributed by atoms with van der Waals surface area (Å²) in [7, 11) is 3.40. The number of morpholine rings is 1. The van der Waals surface area contributed by atoms with Crippen molar-refractivity contribution in [3.8, 4) is 11.5 Å². The highest BCUT2D eigenvalue weighted by molar-refractivity contribution is 14.0. The number of benzene rings is 2. The summed E-state index contributed by atoms with van der Waals surface area (Å²) in [4.78, 5) is 6.76. The average molecular weight is 540 g/mol. The predicted molar refractivity (Wildman–Crippen MR) is 136 cm³/mol. The van der Waals surface area contributed by atoms with E-state index in [9.17, 15) is 0 Å². The Kier molecular flexibility index (Phi) is 10.9. The quantitative estimate of drug-likeness (QED) is 0.302. The van der Waals surface area contributed by atoms with Crippen LogP contribution in [0.3, 0.4) is 0 Å². The number of halogens is 1. The molecule has 0 aromatic heterocycles. The summed E-state index contributed by atoms with van der Waals surface area (Å²) in [6, 6.07) is 14.4. The van der Waals surface area contributed by atoms with E-state index in [4.69, 9.17) is 14.2 Å². The topological polar surface area (TPSA) is 67.4 Å². The summed E-state index contributed by atoms with van der Waals surface area (Å²) in [5.74, 6) is 2.11. The third-order valence-electron chi connectivity index (χ3n) is 4.91. The second-order valence-electron chi connectivity index (χ2n) is 7.06. The van der Waals surface area contributed by atoms with Crippen molar-refractivity contribution in [2.75, 3.05) is 52.4 Å². The van der Waals surface area contributed by atoms with Crippen LogP contribution in [0.4, 0.5) is 5.69 Å². The molecule has 0 atom stereocenters. The minimum Gasteiger partial charge on any atom is -0.493 e. The molecule has 1 aliphatic rings. The zero-order valence-corrected chi connectivity index (χ0v) is 20.8. The first-order chi connectivity index (χ1) is 14.7. The lowest BCUT2D eigenvalue weighted by atomic mass is 10.1. The largest absolute Gasteiger partial charge is 0.493 e. The number of hydrogen-bond donors (Lipinski definition) is 2. The normalized spacial score (nSPS) is 14.5. The van der Waals surface area contributed by atoms with Crippen LogP contribution in [0.2, 0.25) is 0 Å². The first kappa shape index (κ1) is 25.2. The first-order valence-corrected chi connectivity index (χ1v) is 10.4. The van der Waals surface area contributed by atoms with E-state index < -0.39 is 0 Å². The summed E-state index contributed by atoms with van der Waals surface area (Å²) in [5.41, 5.74) is 3.41. The highest BCUT2D eigenvalue weighted by atomic mass is 127. The number of nitrogens with zero attached hydrogens (tertiary/aromatic N) is 2. The van der Waals surface area contributed by atoms with Crippen LogP contribution in [-0.2, 0) is 17.8 Å². The summed E-state index contributed by atoms with van der Waals surface area (Å²) in [6.07, 6.45) is 0. The van der Waals surface area contributed by atoms with Crippen LogP contribution < -0.4 is 20.1 Å². The monoisotopic (exact) mass is 540 g/mol. The van der Waals surface area contributed by atoms with Gasteiger partial charge in [-0.05, 0) is 30.2 Å². The third kappa shape index (κ3) is 7.86. The molecule has 0 amide bonds. The molecule has 7 nitrogen and oxygen atoms in total. The SMILES string of the molecule is CCOc1ccc(NC(=NC)NCc2cccc(CN3CCOCC3)c2)cc1OC.I. The molecule has 3 rings (SSSR count). The number of methoxy groups -OCH3 is 1. The number of hydrogen-bond acceptors (Lipinski definition) is 5. The lowest BCUT2D eigenvalue weighted by Crippen LogP contribution is -2.35. The minimum atomic E-state index is 0. The van der Waals surface area contributed by atoms with E-state index in [0.29, 0.717) is 24.9 Å².